The fourth-order valence-corrected chi connectivity index (χ4v) is 3.15. The third-order valence-corrected chi connectivity index (χ3v) is 4.32. The summed E-state index contributed by atoms with van der Waals surface area (Å²) in [6.07, 6.45) is 5.45. The molecule has 0 atom stereocenters. The SMILES string of the molecule is C#Cc1cccc(N(CC)C(=O)c2cc(Br)c3c(c2)OCCO3)c1. The van der Waals surface area contributed by atoms with E-state index in [1.165, 1.54) is 0 Å². The van der Waals surface area contributed by atoms with Gasteiger partial charge in [-0.1, -0.05) is 12.0 Å². The van der Waals surface area contributed by atoms with E-state index >= 15 is 0 Å². The lowest BCUT2D eigenvalue weighted by molar-refractivity contribution is 0.0987. The Morgan fingerprint density at radius 3 is 2.83 bits per heavy atom. The van der Waals surface area contributed by atoms with Crippen molar-refractivity contribution in [2.45, 2.75) is 6.92 Å². The number of hydrogen-bond acceptors (Lipinski definition) is 3. The average Bonchev–Trinajstić information content (AvgIpc) is 2.62. The van der Waals surface area contributed by atoms with Crippen LogP contribution in [0.15, 0.2) is 40.9 Å². The summed E-state index contributed by atoms with van der Waals surface area (Å²) >= 11 is 3.45. The van der Waals surface area contributed by atoms with Crippen molar-refractivity contribution in [2.75, 3.05) is 24.7 Å². The predicted octanol–water partition coefficient (Wildman–Crippen LogP) is 3.87. The fraction of sp³-hybridized carbons (Fsp3) is 0.211. The molecule has 0 bridgehead atoms. The molecular weight excluding hydrogens is 370 g/mol. The smallest absolute Gasteiger partial charge is 0.258 e. The summed E-state index contributed by atoms with van der Waals surface area (Å²) in [7, 11) is 0. The lowest BCUT2D eigenvalue weighted by Gasteiger charge is -2.24. The first kappa shape index (κ1) is 16.4. The molecule has 0 radical (unpaired) electrons. The standard InChI is InChI=1S/C19H16BrNO3/c1-3-13-6-5-7-15(10-13)21(4-2)19(22)14-11-16(20)18-17(12-14)23-8-9-24-18/h1,5-7,10-12H,4,8-9H2,2H3. The first-order valence-electron chi connectivity index (χ1n) is 7.61. The molecule has 2 aromatic carbocycles. The summed E-state index contributed by atoms with van der Waals surface area (Å²) in [5, 5.41) is 0. The number of carbonyl (C=O) groups excluding carboxylic acids is 1. The first-order valence-corrected chi connectivity index (χ1v) is 8.41. The number of ether oxygens (including phenoxy) is 2. The number of nitrogens with zero attached hydrogens (tertiary/aromatic N) is 1. The van der Waals surface area contributed by atoms with E-state index in [-0.39, 0.29) is 5.91 Å². The number of carbonyl (C=O) groups is 1. The van der Waals surface area contributed by atoms with Crippen molar-refractivity contribution in [3.8, 4) is 23.8 Å². The number of hydrogen-bond donors (Lipinski definition) is 0. The molecule has 0 aromatic heterocycles. The maximum atomic E-state index is 13.0. The van der Waals surface area contributed by atoms with Crippen LogP contribution in [0.2, 0.25) is 0 Å². The molecule has 0 saturated heterocycles. The Hall–Kier alpha value is -2.45. The van der Waals surface area contributed by atoms with Gasteiger partial charge >= 0.3 is 0 Å². The molecule has 1 amide bonds. The van der Waals surface area contributed by atoms with Gasteiger partial charge in [-0.25, -0.2) is 0 Å². The highest BCUT2D eigenvalue weighted by Gasteiger charge is 2.22. The van der Waals surface area contributed by atoms with E-state index in [1.807, 2.05) is 31.2 Å². The van der Waals surface area contributed by atoms with Crippen LogP contribution in [0.3, 0.4) is 0 Å². The van der Waals surface area contributed by atoms with Crippen LogP contribution in [0.5, 0.6) is 11.5 Å². The summed E-state index contributed by atoms with van der Waals surface area (Å²) in [5.41, 5.74) is 2.03. The van der Waals surface area contributed by atoms with E-state index in [0.29, 0.717) is 41.3 Å². The zero-order chi connectivity index (χ0) is 17.1. The van der Waals surface area contributed by atoms with Gasteiger partial charge in [-0.2, -0.15) is 0 Å². The highest BCUT2D eigenvalue weighted by atomic mass is 79.9. The lowest BCUT2D eigenvalue weighted by atomic mass is 10.1. The van der Waals surface area contributed by atoms with E-state index in [2.05, 4.69) is 21.9 Å². The van der Waals surface area contributed by atoms with E-state index in [0.717, 1.165) is 11.3 Å². The molecule has 4 nitrogen and oxygen atoms in total. The van der Waals surface area contributed by atoms with Crippen molar-refractivity contribution < 1.29 is 14.3 Å². The topological polar surface area (TPSA) is 38.8 Å². The molecule has 3 rings (SSSR count). The van der Waals surface area contributed by atoms with Gasteiger partial charge in [-0.15, -0.1) is 6.42 Å². The lowest BCUT2D eigenvalue weighted by Crippen LogP contribution is -2.31. The maximum Gasteiger partial charge on any atom is 0.258 e. The minimum Gasteiger partial charge on any atom is -0.486 e. The second kappa shape index (κ2) is 6.98. The van der Waals surface area contributed by atoms with Crippen LogP contribution in [0.1, 0.15) is 22.8 Å². The second-order valence-electron chi connectivity index (χ2n) is 5.23. The number of fused-ring (bicyclic) bond motifs is 1. The fourth-order valence-electron chi connectivity index (χ4n) is 2.60. The van der Waals surface area contributed by atoms with Gasteiger partial charge in [-0.3, -0.25) is 4.79 Å². The molecule has 24 heavy (non-hydrogen) atoms. The second-order valence-corrected chi connectivity index (χ2v) is 6.08. The Bertz CT molecular complexity index is 826. The summed E-state index contributed by atoms with van der Waals surface area (Å²) in [6, 6.07) is 10.9. The number of terminal acetylenes is 1. The van der Waals surface area contributed by atoms with Gasteiger partial charge in [0.2, 0.25) is 0 Å². The summed E-state index contributed by atoms with van der Waals surface area (Å²) < 4.78 is 11.9. The van der Waals surface area contributed by atoms with Gasteiger partial charge < -0.3 is 14.4 Å². The number of anilines is 1. The highest BCUT2D eigenvalue weighted by Crippen LogP contribution is 2.39. The molecule has 0 saturated carbocycles. The van der Waals surface area contributed by atoms with Crippen LogP contribution in [-0.4, -0.2) is 25.7 Å². The first-order chi connectivity index (χ1) is 11.6. The predicted molar refractivity (Wildman–Crippen MR) is 96.9 cm³/mol. The molecule has 0 aliphatic carbocycles. The molecule has 0 unspecified atom stereocenters. The van der Waals surface area contributed by atoms with Crippen molar-refractivity contribution in [3.05, 3.63) is 52.0 Å². The van der Waals surface area contributed by atoms with Crippen LogP contribution in [0.25, 0.3) is 0 Å². The summed E-state index contributed by atoms with van der Waals surface area (Å²) in [5.74, 6) is 3.68. The van der Waals surface area contributed by atoms with Crippen molar-refractivity contribution in [3.63, 3.8) is 0 Å². The van der Waals surface area contributed by atoms with Gasteiger partial charge in [0.25, 0.3) is 5.91 Å². The average molecular weight is 386 g/mol. The van der Waals surface area contributed by atoms with Gasteiger partial charge in [0.1, 0.15) is 13.2 Å². The van der Waals surface area contributed by atoms with E-state index in [1.54, 1.807) is 17.0 Å². The van der Waals surface area contributed by atoms with Gasteiger partial charge in [0, 0.05) is 23.4 Å². The molecule has 0 N–H and O–H groups in total. The largest absolute Gasteiger partial charge is 0.486 e. The van der Waals surface area contributed by atoms with Gasteiger partial charge in [-0.05, 0) is 53.2 Å². The Morgan fingerprint density at radius 2 is 2.08 bits per heavy atom. The maximum absolute atomic E-state index is 13.0. The third kappa shape index (κ3) is 3.10. The van der Waals surface area contributed by atoms with Gasteiger partial charge in [0.05, 0.1) is 4.47 Å². The molecule has 0 spiro atoms. The van der Waals surface area contributed by atoms with Crippen LogP contribution in [0.4, 0.5) is 5.69 Å². The Labute approximate surface area is 149 Å². The molecule has 1 heterocycles. The van der Waals surface area contributed by atoms with Crippen molar-refractivity contribution in [2.24, 2.45) is 0 Å². The minimum absolute atomic E-state index is 0.121. The molecule has 0 fully saturated rings. The van der Waals surface area contributed by atoms with E-state index in [9.17, 15) is 4.79 Å². The molecule has 122 valence electrons. The number of halogens is 1. The minimum atomic E-state index is -0.121. The van der Waals surface area contributed by atoms with Crippen LogP contribution < -0.4 is 14.4 Å². The molecule has 5 heteroatoms. The Morgan fingerprint density at radius 1 is 1.29 bits per heavy atom. The molecule has 1 aliphatic heterocycles. The molecule has 2 aromatic rings. The zero-order valence-electron chi connectivity index (χ0n) is 13.2. The van der Waals surface area contributed by atoms with Crippen molar-refractivity contribution in [1.29, 1.82) is 0 Å². The third-order valence-electron chi connectivity index (χ3n) is 3.73. The quantitative estimate of drug-likeness (QED) is 0.752. The van der Waals surface area contributed by atoms with Crippen LogP contribution >= 0.6 is 15.9 Å². The molecule has 1 aliphatic rings. The monoisotopic (exact) mass is 385 g/mol. The summed E-state index contributed by atoms with van der Waals surface area (Å²) in [4.78, 5) is 14.7. The van der Waals surface area contributed by atoms with Crippen molar-refractivity contribution >= 4 is 27.5 Å². The summed E-state index contributed by atoms with van der Waals surface area (Å²) in [6.45, 7) is 3.42. The molecular formula is C19H16BrNO3. The van der Waals surface area contributed by atoms with E-state index < -0.39 is 0 Å². The Kier molecular flexibility index (Phi) is 4.77. The Balaban J connectivity index is 1.97. The zero-order valence-corrected chi connectivity index (χ0v) is 14.8. The van der Waals surface area contributed by atoms with E-state index in [4.69, 9.17) is 15.9 Å². The highest BCUT2D eigenvalue weighted by molar-refractivity contribution is 9.10. The normalized spacial score (nSPS) is 12.4. The van der Waals surface area contributed by atoms with Crippen molar-refractivity contribution in [1.82, 2.24) is 0 Å². The van der Waals surface area contributed by atoms with Crippen LogP contribution in [0, 0.1) is 12.3 Å². The number of amides is 1. The van der Waals surface area contributed by atoms with Gasteiger partial charge in [0.15, 0.2) is 11.5 Å². The number of benzene rings is 2. The van der Waals surface area contributed by atoms with Crippen LogP contribution in [-0.2, 0) is 0 Å². The number of rotatable bonds is 3.